The summed E-state index contributed by atoms with van der Waals surface area (Å²) < 4.78 is 1.49. The smallest absolute Gasteiger partial charge is 0.251 e. The summed E-state index contributed by atoms with van der Waals surface area (Å²) in [5.74, 6) is -0.235. The second kappa shape index (κ2) is 6.47. The number of hydrogen-bond acceptors (Lipinski definition) is 3. The van der Waals surface area contributed by atoms with Crippen LogP contribution in [0.1, 0.15) is 25.5 Å². The average molecular weight is 299 g/mol. The van der Waals surface area contributed by atoms with E-state index in [4.69, 9.17) is 5.73 Å². The Morgan fingerprint density at radius 1 is 1.14 bits per heavy atom. The van der Waals surface area contributed by atoms with Gasteiger partial charge in [0, 0.05) is 23.6 Å². The van der Waals surface area contributed by atoms with Crippen LogP contribution in [0, 0.1) is 12.8 Å². The normalized spacial score (nSPS) is 12.2. The van der Waals surface area contributed by atoms with E-state index in [0.29, 0.717) is 11.4 Å². The number of amides is 1. The SMILES string of the molecule is Cc1ccc(=O)n(C(C(=O)Nc2ccc(N)cc2)C(C)C)c1. The summed E-state index contributed by atoms with van der Waals surface area (Å²) >= 11 is 0. The van der Waals surface area contributed by atoms with Gasteiger partial charge in [0.25, 0.3) is 5.56 Å². The molecule has 3 N–H and O–H groups in total. The Morgan fingerprint density at radius 3 is 2.36 bits per heavy atom. The Hall–Kier alpha value is -2.56. The van der Waals surface area contributed by atoms with Gasteiger partial charge in [-0.3, -0.25) is 9.59 Å². The van der Waals surface area contributed by atoms with Gasteiger partial charge in [0.1, 0.15) is 6.04 Å². The lowest BCUT2D eigenvalue weighted by Crippen LogP contribution is -2.36. The van der Waals surface area contributed by atoms with Gasteiger partial charge in [-0.2, -0.15) is 0 Å². The van der Waals surface area contributed by atoms with Crippen molar-refractivity contribution in [1.29, 1.82) is 0 Å². The van der Waals surface area contributed by atoms with Crippen molar-refractivity contribution in [3.8, 4) is 0 Å². The molecule has 0 aliphatic carbocycles. The standard InChI is InChI=1S/C17H21N3O2/c1-11(2)16(20-10-12(3)4-9-15(20)21)17(22)19-14-7-5-13(18)6-8-14/h4-11,16H,18H2,1-3H3,(H,19,22). The predicted octanol–water partition coefficient (Wildman–Crippen LogP) is 2.57. The molecule has 1 amide bonds. The zero-order valence-electron chi connectivity index (χ0n) is 13.0. The van der Waals surface area contributed by atoms with Gasteiger partial charge in [0.05, 0.1) is 0 Å². The summed E-state index contributed by atoms with van der Waals surface area (Å²) in [6.45, 7) is 5.73. The van der Waals surface area contributed by atoms with Crippen molar-refractivity contribution in [1.82, 2.24) is 4.57 Å². The van der Waals surface area contributed by atoms with Crippen LogP contribution in [0.3, 0.4) is 0 Å². The number of nitrogens with one attached hydrogen (secondary N) is 1. The van der Waals surface area contributed by atoms with E-state index < -0.39 is 6.04 Å². The molecule has 1 heterocycles. The first-order valence-corrected chi connectivity index (χ1v) is 7.23. The largest absolute Gasteiger partial charge is 0.399 e. The molecule has 1 unspecified atom stereocenters. The number of aromatic nitrogens is 1. The molecule has 2 rings (SSSR count). The average Bonchev–Trinajstić information content (AvgIpc) is 2.45. The molecule has 5 nitrogen and oxygen atoms in total. The van der Waals surface area contributed by atoms with Gasteiger partial charge in [-0.15, -0.1) is 0 Å². The number of aryl methyl sites for hydroxylation is 1. The first-order chi connectivity index (χ1) is 10.4. The number of carbonyl (C=O) groups is 1. The van der Waals surface area contributed by atoms with Crippen LogP contribution in [-0.2, 0) is 4.79 Å². The topological polar surface area (TPSA) is 77.1 Å². The van der Waals surface area contributed by atoms with Gasteiger partial charge in [0.15, 0.2) is 0 Å². The highest BCUT2D eigenvalue weighted by molar-refractivity contribution is 5.94. The van der Waals surface area contributed by atoms with Gasteiger partial charge in [-0.05, 0) is 42.7 Å². The summed E-state index contributed by atoms with van der Waals surface area (Å²) in [6, 6.07) is 9.59. The van der Waals surface area contributed by atoms with E-state index in [2.05, 4.69) is 5.32 Å². The van der Waals surface area contributed by atoms with Crippen LogP contribution in [0.2, 0.25) is 0 Å². The molecule has 5 heteroatoms. The van der Waals surface area contributed by atoms with Gasteiger partial charge in [-0.1, -0.05) is 19.9 Å². The molecule has 0 fully saturated rings. The predicted molar refractivity (Wildman–Crippen MR) is 88.8 cm³/mol. The van der Waals surface area contributed by atoms with Crippen LogP contribution in [0.15, 0.2) is 47.4 Å². The number of nitrogen functional groups attached to an aromatic ring is 1. The maximum Gasteiger partial charge on any atom is 0.251 e. The van der Waals surface area contributed by atoms with E-state index in [1.165, 1.54) is 10.6 Å². The van der Waals surface area contributed by atoms with E-state index in [1.807, 2.05) is 20.8 Å². The minimum Gasteiger partial charge on any atom is -0.399 e. The molecule has 0 spiro atoms. The minimum absolute atomic E-state index is 0.0201. The summed E-state index contributed by atoms with van der Waals surface area (Å²) in [5.41, 5.74) is 7.68. The molecule has 0 aliphatic heterocycles. The summed E-state index contributed by atoms with van der Waals surface area (Å²) in [6.07, 6.45) is 1.72. The number of hydrogen-bond donors (Lipinski definition) is 2. The van der Waals surface area contributed by atoms with Crippen LogP contribution in [0.5, 0.6) is 0 Å². The van der Waals surface area contributed by atoms with Crippen molar-refractivity contribution in [3.05, 3.63) is 58.5 Å². The van der Waals surface area contributed by atoms with Crippen LogP contribution in [0.25, 0.3) is 0 Å². The van der Waals surface area contributed by atoms with Crippen LogP contribution >= 0.6 is 0 Å². The van der Waals surface area contributed by atoms with Crippen LogP contribution < -0.4 is 16.6 Å². The maximum absolute atomic E-state index is 12.6. The van der Waals surface area contributed by atoms with Crippen LogP contribution in [-0.4, -0.2) is 10.5 Å². The number of anilines is 2. The Labute approximate surface area is 129 Å². The summed E-state index contributed by atoms with van der Waals surface area (Å²) in [4.78, 5) is 24.7. The molecular formula is C17H21N3O2. The van der Waals surface area contributed by atoms with E-state index >= 15 is 0 Å². The molecule has 1 aromatic carbocycles. The quantitative estimate of drug-likeness (QED) is 0.852. The highest BCUT2D eigenvalue weighted by Gasteiger charge is 2.25. The molecule has 0 radical (unpaired) electrons. The molecule has 0 aliphatic rings. The van der Waals surface area contributed by atoms with Crippen molar-refractivity contribution < 1.29 is 4.79 Å². The molecule has 2 aromatic rings. The molecule has 0 bridgehead atoms. The third-order valence-corrected chi connectivity index (χ3v) is 3.46. The van der Waals surface area contributed by atoms with E-state index in [0.717, 1.165) is 5.56 Å². The maximum atomic E-state index is 12.6. The number of carbonyl (C=O) groups excluding carboxylic acids is 1. The van der Waals surface area contributed by atoms with E-state index in [-0.39, 0.29) is 17.4 Å². The number of nitrogens with two attached hydrogens (primary N) is 1. The van der Waals surface area contributed by atoms with Crippen molar-refractivity contribution >= 4 is 17.3 Å². The molecule has 0 saturated carbocycles. The second-order valence-electron chi connectivity index (χ2n) is 5.75. The fourth-order valence-electron chi connectivity index (χ4n) is 2.37. The highest BCUT2D eigenvalue weighted by atomic mass is 16.2. The zero-order valence-corrected chi connectivity index (χ0v) is 13.0. The lowest BCUT2D eigenvalue weighted by atomic mass is 10.0. The molecule has 116 valence electrons. The van der Waals surface area contributed by atoms with Crippen molar-refractivity contribution in [2.45, 2.75) is 26.8 Å². The zero-order chi connectivity index (χ0) is 16.3. The fourth-order valence-corrected chi connectivity index (χ4v) is 2.37. The highest BCUT2D eigenvalue weighted by Crippen LogP contribution is 2.20. The molecule has 1 aromatic heterocycles. The van der Waals surface area contributed by atoms with Gasteiger partial charge < -0.3 is 15.6 Å². The number of rotatable bonds is 4. The Kier molecular flexibility index (Phi) is 4.65. The fraction of sp³-hybridized carbons (Fsp3) is 0.294. The van der Waals surface area contributed by atoms with Crippen LogP contribution in [0.4, 0.5) is 11.4 Å². The molecular weight excluding hydrogens is 278 g/mol. The van der Waals surface area contributed by atoms with Crippen molar-refractivity contribution in [2.24, 2.45) is 5.92 Å². The van der Waals surface area contributed by atoms with E-state index in [1.54, 1.807) is 36.5 Å². The lowest BCUT2D eigenvalue weighted by molar-refractivity contribution is -0.120. The van der Waals surface area contributed by atoms with Gasteiger partial charge in [0.2, 0.25) is 5.91 Å². The van der Waals surface area contributed by atoms with Crippen molar-refractivity contribution in [2.75, 3.05) is 11.1 Å². The minimum atomic E-state index is -0.565. The van der Waals surface area contributed by atoms with E-state index in [9.17, 15) is 9.59 Å². The third-order valence-electron chi connectivity index (χ3n) is 3.46. The summed E-state index contributed by atoms with van der Waals surface area (Å²) in [7, 11) is 0. The third kappa shape index (κ3) is 3.55. The molecule has 1 atom stereocenters. The Bertz CT molecular complexity index is 717. The summed E-state index contributed by atoms with van der Waals surface area (Å²) in [5, 5.41) is 2.84. The number of benzene rings is 1. The van der Waals surface area contributed by atoms with Gasteiger partial charge in [-0.25, -0.2) is 0 Å². The van der Waals surface area contributed by atoms with Gasteiger partial charge >= 0.3 is 0 Å². The number of pyridine rings is 1. The molecule has 0 saturated heterocycles. The monoisotopic (exact) mass is 299 g/mol. The molecule has 22 heavy (non-hydrogen) atoms. The number of nitrogens with zero attached hydrogens (tertiary/aromatic N) is 1. The first-order valence-electron chi connectivity index (χ1n) is 7.23. The second-order valence-corrected chi connectivity index (χ2v) is 5.75. The first kappa shape index (κ1) is 15.8. The Morgan fingerprint density at radius 2 is 1.77 bits per heavy atom. The Balaban J connectivity index is 2.31. The van der Waals surface area contributed by atoms with Crippen molar-refractivity contribution in [3.63, 3.8) is 0 Å². The lowest BCUT2D eigenvalue weighted by Gasteiger charge is -2.23.